The van der Waals surface area contributed by atoms with Gasteiger partial charge in [-0.05, 0) is 84.8 Å². The molecule has 34 heteroatoms. The molecule has 17 N–H and O–H groups in total. The zero-order valence-electron chi connectivity index (χ0n) is 61.8. The number of para-hydroxylation sites is 1. The number of nitrogens with two attached hydrogens (primary N) is 1. The zero-order valence-corrected chi connectivity index (χ0v) is 63.6. The Balaban J connectivity index is 1.15. The van der Waals surface area contributed by atoms with Crippen LogP contribution < -0.4 is 64.2 Å². The Bertz CT molecular complexity index is 4460. The maximum absolute atomic E-state index is 15.6. The van der Waals surface area contributed by atoms with E-state index in [0.717, 1.165) is 10.3 Å². The molecule has 2 aromatic heterocycles. The first-order chi connectivity index (χ1) is 52.2. The van der Waals surface area contributed by atoms with E-state index in [0.29, 0.717) is 44.2 Å². The zero-order chi connectivity index (χ0) is 80.7. The molecule has 0 unspecified atom stereocenters. The van der Waals surface area contributed by atoms with Gasteiger partial charge in [0.1, 0.15) is 77.7 Å². The summed E-state index contributed by atoms with van der Waals surface area (Å²) in [4.78, 5) is 206. The van der Waals surface area contributed by atoms with Crippen LogP contribution in [0.2, 0.25) is 0 Å². The highest BCUT2D eigenvalue weighted by molar-refractivity contribution is 7.80. The third kappa shape index (κ3) is 24.4. The van der Waals surface area contributed by atoms with Crippen molar-refractivity contribution in [2.24, 2.45) is 11.7 Å². The minimum absolute atomic E-state index is 0.0328. The number of rotatable bonds is 39. The van der Waals surface area contributed by atoms with Crippen LogP contribution in [-0.4, -0.2) is 203 Å². The van der Waals surface area contributed by atoms with E-state index in [1.165, 1.54) is 78.5 Å². The topological polar surface area (TPSA) is 485 Å². The Hall–Kier alpha value is -11.8. The van der Waals surface area contributed by atoms with Crippen LogP contribution in [0.15, 0.2) is 140 Å². The molecule has 0 aliphatic carbocycles. The molecule has 0 saturated heterocycles. The number of fused-ring (bicyclic) bond motifs is 2. The molecular formula is C76H94N16O16S2. The predicted molar refractivity (Wildman–Crippen MR) is 413 cm³/mol. The summed E-state index contributed by atoms with van der Waals surface area (Å²) in [5.41, 5.74) is 7.18. The fraction of sp³-hybridized carbons (Fsp3) is 0.382. The number of aromatic amines is 2. The molecule has 32 nitrogen and oxygen atoms in total. The van der Waals surface area contributed by atoms with Crippen LogP contribution in [0, 0.1) is 5.92 Å². The Morgan fingerprint density at radius 2 is 0.991 bits per heavy atom. The third-order valence-electron chi connectivity index (χ3n) is 18.2. The van der Waals surface area contributed by atoms with E-state index in [9.17, 15) is 67.7 Å². The second-order valence-electron chi connectivity index (χ2n) is 27.5. The second kappa shape index (κ2) is 39.9. The van der Waals surface area contributed by atoms with Crippen LogP contribution in [0.25, 0.3) is 21.7 Å². The lowest BCUT2D eigenvalue weighted by Crippen LogP contribution is -2.62. The molecule has 0 saturated carbocycles. The highest BCUT2D eigenvalue weighted by Gasteiger charge is 2.40. The Kier molecular flexibility index (Phi) is 31.0. The highest BCUT2D eigenvalue weighted by Crippen LogP contribution is 2.24. The number of carbonyl (C=O) groups is 14. The minimum atomic E-state index is -1.85. The second-order valence-corrected chi connectivity index (χ2v) is 28.2. The fourth-order valence-corrected chi connectivity index (χ4v) is 12.4. The number of carboxylic acids is 1. The van der Waals surface area contributed by atoms with Crippen molar-refractivity contribution in [1.82, 2.24) is 78.3 Å². The van der Waals surface area contributed by atoms with Gasteiger partial charge in [-0.25, -0.2) is 4.98 Å². The lowest BCUT2D eigenvalue weighted by molar-refractivity contribution is -0.143. The van der Waals surface area contributed by atoms with Crippen molar-refractivity contribution in [3.05, 3.63) is 168 Å². The van der Waals surface area contributed by atoms with Crippen molar-refractivity contribution in [3.8, 4) is 5.75 Å². The normalized spacial score (nSPS) is 14.3. The molecule has 5 aromatic carbocycles. The summed E-state index contributed by atoms with van der Waals surface area (Å²) in [7, 11) is 1.32. The lowest BCUT2D eigenvalue weighted by atomic mass is 9.96. The molecule has 11 atom stereocenters. The average Bonchev–Trinajstić information content (AvgIpc) is 1.69. The van der Waals surface area contributed by atoms with Crippen molar-refractivity contribution < 1.29 is 77.3 Å². The molecule has 0 bridgehead atoms. The maximum atomic E-state index is 15.6. The van der Waals surface area contributed by atoms with Gasteiger partial charge in [0.2, 0.25) is 76.8 Å². The number of primary amides is 1. The number of nitrogens with zero attached hydrogens (tertiary/aromatic N) is 2. The van der Waals surface area contributed by atoms with Gasteiger partial charge in [-0.3, -0.25) is 67.1 Å². The van der Waals surface area contributed by atoms with E-state index < -0.39 is 173 Å². The van der Waals surface area contributed by atoms with Crippen molar-refractivity contribution in [3.63, 3.8) is 0 Å². The number of phenolic OH excluding ortho intramolecular Hbond substituents is 1. The van der Waals surface area contributed by atoms with Gasteiger partial charge in [-0.2, -0.15) is 25.3 Å². The van der Waals surface area contributed by atoms with Crippen molar-refractivity contribution in [2.75, 3.05) is 18.6 Å². The number of thiol groups is 2. The summed E-state index contributed by atoms with van der Waals surface area (Å²) in [6.45, 7) is 9.72. The van der Waals surface area contributed by atoms with E-state index in [2.05, 4.69) is 98.7 Å². The summed E-state index contributed by atoms with van der Waals surface area (Å²) in [5.74, 6) is -14.5. The molecule has 0 aliphatic rings. The number of H-pyrrole nitrogens is 2. The molecular weight excluding hydrogens is 1460 g/mol. The number of carbonyl (C=O) groups excluding carboxylic acids is 13. The molecule has 110 heavy (non-hydrogen) atoms. The molecule has 0 fully saturated rings. The first-order valence-corrected chi connectivity index (χ1v) is 36.6. The highest BCUT2D eigenvalue weighted by atomic mass is 32.1. The quantitative estimate of drug-likeness (QED) is 0.0231. The molecule has 13 amide bonds. The van der Waals surface area contributed by atoms with E-state index in [1.54, 1.807) is 92.8 Å². The summed E-state index contributed by atoms with van der Waals surface area (Å²) in [6, 6.07) is 17.7. The van der Waals surface area contributed by atoms with Gasteiger partial charge < -0.3 is 89.3 Å². The first kappa shape index (κ1) is 85.4. The van der Waals surface area contributed by atoms with Gasteiger partial charge >= 0.3 is 5.97 Å². The molecule has 7 aromatic rings. The first-order valence-electron chi connectivity index (χ1n) is 35.3. The van der Waals surface area contributed by atoms with Gasteiger partial charge in [-0.15, -0.1) is 0 Å². The number of aromatic hydroxyl groups is 1. The number of hydrogen-bond acceptors (Lipinski definition) is 18. The smallest absolute Gasteiger partial charge is 0.305 e. The molecule has 0 spiro atoms. The number of nitrogens with one attached hydrogen (secondary N) is 13. The third-order valence-corrected chi connectivity index (χ3v) is 18.9. The van der Waals surface area contributed by atoms with Gasteiger partial charge in [0, 0.05) is 86.6 Å². The Morgan fingerprint density at radius 1 is 0.500 bits per heavy atom. The van der Waals surface area contributed by atoms with Gasteiger partial charge in [0.05, 0.1) is 12.7 Å². The van der Waals surface area contributed by atoms with Gasteiger partial charge in [0.15, 0.2) is 0 Å². The van der Waals surface area contributed by atoms with Crippen LogP contribution in [0.4, 0.5) is 0 Å². The van der Waals surface area contributed by atoms with Crippen LogP contribution in [-0.2, 0) is 99.2 Å². The van der Waals surface area contributed by atoms with E-state index in [4.69, 9.17) is 5.73 Å². The SMILES string of the molecule is CC(=O)N[C@@H](CS)C(=O)N[C@@H](C)C(=O)N[C@@H](CC(=O)O)C(=O)N[C@@H](Cc1c[nH]c2ccccc12)C(=O)N[C@H](C(=O)N[C@@H](CS)C(=O)N[C@@H](Cc1ccc(O)cc1)C(=O)N[C@@H](Cc1cccc2ccccc12)C(=O)N(C)[C@@H](Cc1cnc[nH]1)C(=O)N[C@H](C)C(=O)N[C@@H](Cc1ccccc1)C(=O)NC(C)(C)C(N)=O)C(C)C. The fourth-order valence-electron chi connectivity index (χ4n) is 11.9. The number of amides is 13. The van der Waals surface area contributed by atoms with Gasteiger partial charge in [-0.1, -0.05) is 117 Å². The predicted octanol–water partition coefficient (Wildman–Crippen LogP) is 0.368. The van der Waals surface area contributed by atoms with Crippen LogP contribution in [0.3, 0.4) is 0 Å². The maximum Gasteiger partial charge on any atom is 0.305 e. The molecule has 0 aliphatic heterocycles. The Labute approximate surface area is 645 Å². The van der Waals surface area contributed by atoms with E-state index in [-0.39, 0.29) is 43.6 Å². The monoisotopic (exact) mass is 1550 g/mol. The number of likely N-dealkylation sites (N-methyl/N-ethyl adjacent to an activating group) is 1. The van der Waals surface area contributed by atoms with E-state index >= 15 is 9.59 Å². The lowest BCUT2D eigenvalue weighted by Gasteiger charge is -2.32. The largest absolute Gasteiger partial charge is 0.508 e. The van der Waals surface area contributed by atoms with Crippen molar-refractivity contribution in [1.29, 1.82) is 0 Å². The molecule has 7 rings (SSSR count). The summed E-state index contributed by atoms with van der Waals surface area (Å²) in [5, 5.41) is 50.7. The number of aromatic nitrogens is 3. The number of benzene rings is 5. The number of phenols is 1. The van der Waals surface area contributed by atoms with Crippen LogP contribution in [0.5, 0.6) is 5.75 Å². The molecule has 586 valence electrons. The molecule has 2 heterocycles. The summed E-state index contributed by atoms with van der Waals surface area (Å²) in [6.07, 6.45) is 2.32. The standard InChI is InChI=1S/C76H94N16O16S2/c1-40(2)63(90-68(101)56(32-48-35-79-53-24-15-14-23-52(48)53)87-67(100)57(34-62(95)96)85-64(97)41(3)81-69(102)59(37-109)83-43(5)93)73(106)89-60(38-110)70(103)86-54(30-45-25-27-50(94)28-26-45)66(99)88-58(31-47-21-16-20-46-19-12-13-22-51(46)47)74(107)92(8)61(33-49-36-78-39-80-49)72(105)82-42(4)65(98)84-55(29-44-17-10-9-11-18-44)71(104)91-76(6,7)75(77)108/h9-28,35-36,39-42,54-61,63,79,94,109-110H,29-34,37-38H2,1-8H3,(H2,77,108)(H,78,80)(H,81,102)(H,82,105)(H,83,93)(H,84,98)(H,85,97)(H,86,103)(H,87,100)(H,88,99)(H,89,106)(H,90,101)(H,91,104)(H,95,96)/t41-,42+,54-,55-,56-,57-,58-,59-,60-,61-,63-/m0/s1. The number of hydrogen-bond donors (Lipinski definition) is 18. The van der Waals surface area contributed by atoms with Crippen LogP contribution in [0.1, 0.15) is 82.8 Å². The molecule has 0 radical (unpaired) electrons. The summed E-state index contributed by atoms with van der Waals surface area (Å²) >= 11 is 8.51. The van der Waals surface area contributed by atoms with E-state index in [1.807, 2.05) is 24.3 Å². The van der Waals surface area contributed by atoms with Crippen LogP contribution >= 0.6 is 25.3 Å². The number of aliphatic carboxylic acids is 1. The Morgan fingerprint density at radius 3 is 1.59 bits per heavy atom. The van der Waals surface area contributed by atoms with Crippen molar-refractivity contribution >= 4 is 130 Å². The van der Waals surface area contributed by atoms with Gasteiger partial charge in [0.25, 0.3) is 0 Å². The minimum Gasteiger partial charge on any atom is -0.508 e. The number of carboxylic acid groups (broad SMARTS) is 1. The number of imidazole rings is 1. The van der Waals surface area contributed by atoms with Crippen molar-refractivity contribution in [2.45, 2.75) is 159 Å². The summed E-state index contributed by atoms with van der Waals surface area (Å²) < 4.78 is 0. The average molecular weight is 1550 g/mol.